The van der Waals surface area contributed by atoms with E-state index in [-0.39, 0.29) is 5.54 Å². The number of nitrogens with one attached hydrogen (secondary N) is 1. The van der Waals surface area contributed by atoms with Crippen LogP contribution in [0.5, 0.6) is 0 Å². The van der Waals surface area contributed by atoms with Crippen molar-refractivity contribution in [3.05, 3.63) is 28.2 Å². The van der Waals surface area contributed by atoms with Crippen LogP contribution in [0, 0.1) is 0 Å². The van der Waals surface area contributed by atoms with Crippen molar-refractivity contribution in [2.75, 3.05) is 18.5 Å². The Labute approximate surface area is 126 Å². The smallest absolute Gasteiger partial charge is 0.0512 e. The summed E-state index contributed by atoms with van der Waals surface area (Å²) in [6.07, 6.45) is 1.12. The zero-order valence-corrected chi connectivity index (χ0v) is 14.6. The molecule has 0 aliphatic heterocycles. The van der Waals surface area contributed by atoms with Crippen LogP contribution in [0.4, 0.5) is 5.69 Å². The van der Waals surface area contributed by atoms with E-state index in [1.54, 1.807) is 0 Å². The Morgan fingerprint density at radius 3 is 2.42 bits per heavy atom. The van der Waals surface area contributed by atoms with E-state index in [4.69, 9.17) is 0 Å². The molecule has 108 valence electrons. The first kappa shape index (κ1) is 16.5. The summed E-state index contributed by atoms with van der Waals surface area (Å²) in [5.74, 6) is 0. The van der Waals surface area contributed by atoms with Gasteiger partial charge in [0.25, 0.3) is 0 Å². The molecule has 0 radical (unpaired) electrons. The van der Waals surface area contributed by atoms with Gasteiger partial charge in [0.05, 0.1) is 5.69 Å². The highest BCUT2D eigenvalue weighted by molar-refractivity contribution is 9.10. The van der Waals surface area contributed by atoms with Gasteiger partial charge in [-0.25, -0.2) is 0 Å². The highest BCUT2D eigenvalue weighted by Gasteiger charge is 2.23. The van der Waals surface area contributed by atoms with Gasteiger partial charge < -0.3 is 10.2 Å². The third-order valence-electron chi connectivity index (χ3n) is 4.12. The molecule has 0 fully saturated rings. The molecule has 1 unspecified atom stereocenters. The summed E-state index contributed by atoms with van der Waals surface area (Å²) in [5.41, 5.74) is 2.73. The molecule has 0 aliphatic rings. The van der Waals surface area contributed by atoms with Crippen molar-refractivity contribution in [2.45, 2.75) is 52.6 Å². The third-order valence-corrected chi connectivity index (χ3v) is 4.75. The summed E-state index contributed by atoms with van der Waals surface area (Å²) < 4.78 is 1.17. The number of halogens is 1. The van der Waals surface area contributed by atoms with Gasteiger partial charge in [-0.05, 0) is 67.4 Å². The second-order valence-corrected chi connectivity index (χ2v) is 6.57. The largest absolute Gasteiger partial charge is 0.369 e. The lowest BCUT2D eigenvalue weighted by atomic mass is 9.98. The zero-order valence-electron chi connectivity index (χ0n) is 13.0. The van der Waals surface area contributed by atoms with Crippen LogP contribution in [-0.4, -0.2) is 19.1 Å². The molecule has 19 heavy (non-hydrogen) atoms. The zero-order chi connectivity index (χ0) is 14.6. The van der Waals surface area contributed by atoms with Crippen LogP contribution in [0.1, 0.15) is 52.6 Å². The maximum absolute atomic E-state index is 3.72. The van der Waals surface area contributed by atoms with Crippen molar-refractivity contribution < 1.29 is 0 Å². The summed E-state index contributed by atoms with van der Waals surface area (Å²) in [6, 6.07) is 7.05. The Morgan fingerprint density at radius 1 is 1.32 bits per heavy atom. The minimum atomic E-state index is 0.164. The predicted octanol–water partition coefficient (Wildman–Crippen LogP) is 4.74. The summed E-state index contributed by atoms with van der Waals surface area (Å²) in [7, 11) is 2.16. The minimum absolute atomic E-state index is 0.164. The molecule has 0 saturated carbocycles. The number of nitrogens with zero attached hydrogens (tertiary/aromatic N) is 1. The van der Waals surface area contributed by atoms with Gasteiger partial charge in [-0.3, -0.25) is 0 Å². The lowest BCUT2D eigenvalue weighted by Gasteiger charge is -2.37. The Balaban J connectivity index is 3.01. The van der Waals surface area contributed by atoms with Gasteiger partial charge in [-0.15, -0.1) is 0 Å². The van der Waals surface area contributed by atoms with E-state index < -0.39 is 0 Å². The molecule has 0 aliphatic carbocycles. The summed E-state index contributed by atoms with van der Waals surface area (Å²) >= 11 is 3.72. The maximum Gasteiger partial charge on any atom is 0.0512 e. The van der Waals surface area contributed by atoms with Crippen molar-refractivity contribution in [1.82, 2.24) is 5.32 Å². The monoisotopic (exact) mass is 326 g/mol. The number of hydrogen-bond acceptors (Lipinski definition) is 2. The molecule has 2 nitrogen and oxygen atoms in total. The normalized spacial score (nSPS) is 13.4. The fourth-order valence-electron chi connectivity index (χ4n) is 2.05. The average Bonchev–Trinajstić information content (AvgIpc) is 2.38. The molecule has 1 atom stereocenters. The first-order valence-electron chi connectivity index (χ1n) is 7.10. The molecule has 0 bridgehead atoms. The summed E-state index contributed by atoms with van der Waals surface area (Å²) in [4.78, 5) is 2.35. The number of benzene rings is 1. The van der Waals surface area contributed by atoms with Crippen molar-refractivity contribution >= 4 is 21.6 Å². The van der Waals surface area contributed by atoms with Crippen LogP contribution in [0.3, 0.4) is 0 Å². The Bertz CT molecular complexity index is 415. The molecular formula is C16H27BrN2. The Hall–Kier alpha value is -0.540. The van der Waals surface area contributed by atoms with Crippen molar-refractivity contribution in [1.29, 1.82) is 0 Å². The standard InChI is InChI=1S/C16H27BrN2/c1-7-16(4,5)19(6)15-10-9-13(11-14(15)17)12(3)18-8-2/h9-12,18H,7-8H2,1-6H3. The number of hydrogen-bond donors (Lipinski definition) is 1. The lowest BCUT2D eigenvalue weighted by Crippen LogP contribution is -2.40. The molecule has 0 amide bonds. The number of rotatable bonds is 6. The van der Waals surface area contributed by atoms with Gasteiger partial charge in [-0.1, -0.05) is 19.9 Å². The SMILES string of the molecule is CCNC(C)c1ccc(N(C)C(C)(C)CC)c(Br)c1. The van der Waals surface area contributed by atoms with Crippen LogP contribution in [0.15, 0.2) is 22.7 Å². The molecule has 1 aromatic carbocycles. The van der Waals surface area contributed by atoms with Gasteiger partial charge in [0.2, 0.25) is 0 Å². The average molecular weight is 327 g/mol. The third kappa shape index (κ3) is 3.96. The van der Waals surface area contributed by atoms with E-state index in [0.29, 0.717) is 6.04 Å². The molecule has 1 rings (SSSR count). The molecular weight excluding hydrogens is 300 g/mol. The minimum Gasteiger partial charge on any atom is -0.369 e. The second kappa shape index (κ2) is 6.76. The fourth-order valence-corrected chi connectivity index (χ4v) is 2.71. The van der Waals surface area contributed by atoms with Crippen LogP contribution in [0.25, 0.3) is 0 Å². The highest BCUT2D eigenvalue weighted by atomic mass is 79.9. The van der Waals surface area contributed by atoms with Gasteiger partial charge in [0.15, 0.2) is 0 Å². The number of anilines is 1. The molecule has 0 heterocycles. The molecule has 3 heteroatoms. The van der Waals surface area contributed by atoms with Crippen LogP contribution in [-0.2, 0) is 0 Å². The van der Waals surface area contributed by atoms with Gasteiger partial charge >= 0.3 is 0 Å². The van der Waals surface area contributed by atoms with E-state index in [2.05, 4.69) is 86.0 Å². The predicted molar refractivity (Wildman–Crippen MR) is 89.0 cm³/mol. The second-order valence-electron chi connectivity index (χ2n) is 5.72. The van der Waals surface area contributed by atoms with Crippen LogP contribution < -0.4 is 10.2 Å². The highest BCUT2D eigenvalue weighted by Crippen LogP contribution is 2.33. The van der Waals surface area contributed by atoms with Gasteiger partial charge in [0.1, 0.15) is 0 Å². The van der Waals surface area contributed by atoms with E-state index in [1.807, 2.05) is 0 Å². The van der Waals surface area contributed by atoms with Crippen LogP contribution in [0.2, 0.25) is 0 Å². The van der Waals surface area contributed by atoms with Crippen molar-refractivity contribution in [3.8, 4) is 0 Å². The van der Waals surface area contributed by atoms with E-state index in [1.165, 1.54) is 15.7 Å². The Kier molecular flexibility index (Phi) is 5.87. The molecule has 0 aromatic heterocycles. The van der Waals surface area contributed by atoms with Gasteiger partial charge in [0, 0.05) is 23.1 Å². The van der Waals surface area contributed by atoms with Crippen LogP contribution >= 0.6 is 15.9 Å². The van der Waals surface area contributed by atoms with E-state index in [9.17, 15) is 0 Å². The van der Waals surface area contributed by atoms with Crippen molar-refractivity contribution in [2.24, 2.45) is 0 Å². The topological polar surface area (TPSA) is 15.3 Å². The molecule has 0 saturated heterocycles. The molecule has 1 N–H and O–H groups in total. The fraction of sp³-hybridized carbons (Fsp3) is 0.625. The first-order valence-corrected chi connectivity index (χ1v) is 7.89. The quantitative estimate of drug-likeness (QED) is 0.811. The summed E-state index contributed by atoms with van der Waals surface area (Å²) in [6.45, 7) is 12.1. The Morgan fingerprint density at radius 2 is 1.95 bits per heavy atom. The van der Waals surface area contributed by atoms with E-state index >= 15 is 0 Å². The van der Waals surface area contributed by atoms with E-state index in [0.717, 1.165) is 13.0 Å². The molecule has 1 aromatic rings. The molecule has 0 spiro atoms. The maximum atomic E-state index is 3.72. The summed E-state index contributed by atoms with van der Waals surface area (Å²) in [5, 5.41) is 3.44. The van der Waals surface area contributed by atoms with Crippen molar-refractivity contribution in [3.63, 3.8) is 0 Å². The van der Waals surface area contributed by atoms with Gasteiger partial charge in [-0.2, -0.15) is 0 Å². The lowest BCUT2D eigenvalue weighted by molar-refractivity contribution is 0.470. The first-order chi connectivity index (χ1) is 8.83.